The second-order valence-corrected chi connectivity index (χ2v) is 6.10. The molecular weight excluding hydrogens is 334 g/mol. The summed E-state index contributed by atoms with van der Waals surface area (Å²) in [5.74, 6) is 0. The summed E-state index contributed by atoms with van der Waals surface area (Å²) in [7, 11) is 2.02. The average Bonchev–Trinajstić information content (AvgIpc) is 2.44. The minimum absolute atomic E-state index is 0.0648. The molecule has 0 aliphatic heterocycles. The second-order valence-electron chi connectivity index (χ2n) is 5.18. The van der Waals surface area contributed by atoms with Gasteiger partial charge in [-0.05, 0) is 60.9 Å². The van der Waals surface area contributed by atoms with Gasteiger partial charge in [0.15, 0.2) is 0 Å². The molecule has 2 rings (SSSR count). The third-order valence-corrected chi connectivity index (χ3v) is 3.78. The first kappa shape index (κ1) is 16.1. The maximum atomic E-state index is 12.1. The molecule has 114 valence electrons. The van der Waals surface area contributed by atoms with E-state index in [-0.39, 0.29) is 12.2 Å². The summed E-state index contributed by atoms with van der Waals surface area (Å²) in [5.41, 5.74) is 1.38. The lowest BCUT2D eigenvalue weighted by molar-refractivity contribution is 0.270. The first-order valence-corrected chi connectivity index (χ1v) is 7.86. The Morgan fingerprint density at radius 2 is 2.14 bits per heavy atom. The fourth-order valence-corrected chi connectivity index (χ4v) is 2.57. The number of rotatable bonds is 7. The molecule has 2 aromatic rings. The summed E-state index contributed by atoms with van der Waals surface area (Å²) in [5, 5.41) is 8.75. The van der Waals surface area contributed by atoms with Crippen LogP contribution in [0.4, 0.5) is 0 Å². The SMILES string of the molecule is CN(CCCCCO)Cc1cc(=O)n2cc(Br)ccc2n1. The van der Waals surface area contributed by atoms with E-state index < -0.39 is 0 Å². The molecule has 0 saturated carbocycles. The zero-order chi connectivity index (χ0) is 15.2. The van der Waals surface area contributed by atoms with Gasteiger partial charge in [0.05, 0.1) is 5.69 Å². The first-order chi connectivity index (χ1) is 10.1. The van der Waals surface area contributed by atoms with Crippen molar-refractivity contribution in [2.24, 2.45) is 0 Å². The molecule has 21 heavy (non-hydrogen) atoms. The molecule has 0 aliphatic carbocycles. The van der Waals surface area contributed by atoms with Gasteiger partial charge in [0.25, 0.3) is 5.56 Å². The van der Waals surface area contributed by atoms with Crippen molar-refractivity contribution in [1.82, 2.24) is 14.3 Å². The molecule has 0 saturated heterocycles. The molecular formula is C15H20BrN3O2. The summed E-state index contributed by atoms with van der Waals surface area (Å²) >= 11 is 3.35. The monoisotopic (exact) mass is 353 g/mol. The highest BCUT2D eigenvalue weighted by Crippen LogP contribution is 2.10. The van der Waals surface area contributed by atoms with Crippen molar-refractivity contribution in [3.8, 4) is 0 Å². The Balaban J connectivity index is 2.05. The predicted octanol–water partition coefficient (Wildman–Crippen LogP) is 2.05. The van der Waals surface area contributed by atoms with Gasteiger partial charge in [-0.15, -0.1) is 0 Å². The zero-order valence-electron chi connectivity index (χ0n) is 12.1. The Kier molecular flexibility index (Phi) is 5.90. The fraction of sp³-hybridized carbons (Fsp3) is 0.467. The molecule has 1 N–H and O–H groups in total. The number of hydrogen-bond donors (Lipinski definition) is 1. The quantitative estimate of drug-likeness (QED) is 0.774. The van der Waals surface area contributed by atoms with Crippen molar-refractivity contribution in [3.63, 3.8) is 0 Å². The Morgan fingerprint density at radius 1 is 1.33 bits per heavy atom. The number of halogens is 1. The third-order valence-electron chi connectivity index (χ3n) is 3.31. The molecule has 6 heteroatoms. The number of aliphatic hydroxyl groups excluding tert-OH is 1. The second kappa shape index (κ2) is 7.68. The van der Waals surface area contributed by atoms with Crippen molar-refractivity contribution in [2.45, 2.75) is 25.8 Å². The lowest BCUT2D eigenvalue weighted by Crippen LogP contribution is -2.23. The van der Waals surface area contributed by atoms with Crippen molar-refractivity contribution >= 4 is 21.6 Å². The number of hydrogen-bond acceptors (Lipinski definition) is 4. The molecule has 5 nitrogen and oxygen atoms in total. The number of pyridine rings is 1. The molecule has 2 heterocycles. The summed E-state index contributed by atoms with van der Waals surface area (Å²) in [6.45, 7) is 1.84. The molecule has 2 aromatic heterocycles. The molecule has 0 radical (unpaired) electrons. The topological polar surface area (TPSA) is 57.8 Å². The van der Waals surface area contributed by atoms with E-state index in [1.807, 2.05) is 19.2 Å². The minimum Gasteiger partial charge on any atom is -0.396 e. The van der Waals surface area contributed by atoms with Gasteiger partial charge >= 0.3 is 0 Å². The van der Waals surface area contributed by atoms with Crippen molar-refractivity contribution in [3.05, 3.63) is 44.9 Å². The van der Waals surface area contributed by atoms with Crippen molar-refractivity contribution < 1.29 is 5.11 Å². The van der Waals surface area contributed by atoms with E-state index in [0.29, 0.717) is 12.2 Å². The minimum atomic E-state index is -0.0648. The number of aliphatic hydroxyl groups is 1. The van der Waals surface area contributed by atoms with E-state index >= 15 is 0 Å². The van der Waals surface area contributed by atoms with Crippen molar-refractivity contribution in [2.75, 3.05) is 20.2 Å². The third kappa shape index (κ3) is 4.62. The molecule has 0 amide bonds. The van der Waals surface area contributed by atoms with Gasteiger partial charge in [0.2, 0.25) is 0 Å². The van der Waals surface area contributed by atoms with Gasteiger partial charge in [-0.1, -0.05) is 0 Å². The summed E-state index contributed by atoms with van der Waals surface area (Å²) in [6, 6.07) is 5.30. The maximum Gasteiger partial charge on any atom is 0.258 e. The lowest BCUT2D eigenvalue weighted by atomic mass is 10.2. The number of unbranched alkanes of at least 4 members (excludes halogenated alkanes) is 2. The average molecular weight is 354 g/mol. The molecule has 0 unspecified atom stereocenters. The van der Waals surface area contributed by atoms with Crippen LogP contribution < -0.4 is 5.56 Å². The first-order valence-electron chi connectivity index (χ1n) is 7.07. The van der Waals surface area contributed by atoms with Crippen LogP contribution >= 0.6 is 15.9 Å². The van der Waals surface area contributed by atoms with Crippen molar-refractivity contribution in [1.29, 1.82) is 0 Å². The maximum absolute atomic E-state index is 12.1. The molecule has 0 aliphatic rings. The largest absolute Gasteiger partial charge is 0.396 e. The smallest absolute Gasteiger partial charge is 0.258 e. The summed E-state index contributed by atoms with van der Waals surface area (Å²) < 4.78 is 2.39. The highest BCUT2D eigenvalue weighted by atomic mass is 79.9. The molecule has 0 bridgehead atoms. The Hall–Kier alpha value is -1.24. The van der Waals surface area contributed by atoms with Crippen LogP contribution in [-0.4, -0.2) is 39.6 Å². The molecule has 0 fully saturated rings. The highest BCUT2D eigenvalue weighted by molar-refractivity contribution is 9.10. The van der Waals surface area contributed by atoms with Crippen LogP contribution in [0.15, 0.2) is 33.7 Å². The van der Waals surface area contributed by atoms with Gasteiger partial charge in [-0.25, -0.2) is 4.98 Å². The van der Waals surface area contributed by atoms with E-state index in [1.165, 1.54) is 4.40 Å². The zero-order valence-corrected chi connectivity index (χ0v) is 13.7. The van der Waals surface area contributed by atoms with E-state index in [1.54, 1.807) is 12.3 Å². The fourth-order valence-electron chi connectivity index (χ4n) is 2.23. The van der Waals surface area contributed by atoms with Gasteiger partial charge in [0, 0.05) is 29.9 Å². The Morgan fingerprint density at radius 3 is 2.90 bits per heavy atom. The standard InChI is InChI=1S/C15H20BrN3O2/c1-18(7-3-2-4-8-20)11-13-9-15(21)19-10-12(16)5-6-14(19)17-13/h5-6,9-10,20H,2-4,7-8,11H2,1H3. The Labute approximate surface area is 132 Å². The van der Waals surface area contributed by atoms with E-state index in [4.69, 9.17) is 5.11 Å². The Bertz CT molecular complexity index is 657. The predicted molar refractivity (Wildman–Crippen MR) is 86.4 cm³/mol. The lowest BCUT2D eigenvalue weighted by Gasteiger charge is -2.16. The molecule has 0 atom stereocenters. The van der Waals surface area contributed by atoms with Gasteiger partial charge in [-0.2, -0.15) is 0 Å². The van der Waals surface area contributed by atoms with E-state index in [2.05, 4.69) is 25.8 Å². The van der Waals surface area contributed by atoms with Crippen LogP contribution in [-0.2, 0) is 6.54 Å². The molecule has 0 spiro atoms. The normalized spacial score (nSPS) is 11.4. The van der Waals surface area contributed by atoms with Gasteiger partial charge in [0.1, 0.15) is 5.65 Å². The molecule has 0 aromatic carbocycles. The number of fused-ring (bicyclic) bond motifs is 1. The summed E-state index contributed by atoms with van der Waals surface area (Å²) in [4.78, 5) is 18.8. The van der Waals surface area contributed by atoms with Crippen LogP contribution in [0.2, 0.25) is 0 Å². The van der Waals surface area contributed by atoms with Crippen LogP contribution in [0, 0.1) is 0 Å². The number of aromatic nitrogens is 2. The van der Waals surface area contributed by atoms with E-state index in [9.17, 15) is 4.79 Å². The highest BCUT2D eigenvalue weighted by Gasteiger charge is 2.06. The van der Waals surface area contributed by atoms with Crippen LogP contribution in [0.5, 0.6) is 0 Å². The van der Waals surface area contributed by atoms with Crippen LogP contribution in [0.25, 0.3) is 5.65 Å². The summed E-state index contributed by atoms with van der Waals surface area (Å²) in [6.07, 6.45) is 4.63. The van der Waals surface area contributed by atoms with E-state index in [0.717, 1.165) is 36.0 Å². The van der Waals surface area contributed by atoms with Gasteiger partial charge in [-0.3, -0.25) is 9.20 Å². The number of nitrogens with zero attached hydrogens (tertiary/aromatic N) is 3. The van der Waals surface area contributed by atoms with Gasteiger partial charge < -0.3 is 10.0 Å². The van der Waals surface area contributed by atoms with Crippen LogP contribution in [0.1, 0.15) is 25.0 Å². The van der Waals surface area contributed by atoms with Crippen LogP contribution in [0.3, 0.4) is 0 Å².